The van der Waals surface area contributed by atoms with E-state index in [-0.39, 0.29) is 11.5 Å². The summed E-state index contributed by atoms with van der Waals surface area (Å²) >= 11 is 0. The van der Waals surface area contributed by atoms with Gasteiger partial charge in [-0.2, -0.15) is 0 Å². The number of hydrogen-bond acceptors (Lipinski definition) is 3. The molecular weight excluding hydrogens is 120 g/mol. The van der Waals surface area contributed by atoms with Crippen molar-refractivity contribution < 1.29 is 15.3 Å². The topological polar surface area (TPSA) is 49.7 Å². The lowest BCUT2D eigenvalue weighted by molar-refractivity contribution is -0.137. The average molecular weight is 126 g/mol. The van der Waals surface area contributed by atoms with Gasteiger partial charge < -0.3 is 9.99 Å². The van der Waals surface area contributed by atoms with E-state index in [9.17, 15) is 0 Å². The summed E-state index contributed by atoms with van der Waals surface area (Å²) in [6.07, 6.45) is 0. The van der Waals surface area contributed by atoms with Crippen LogP contribution in [0.1, 0.15) is 0 Å². The van der Waals surface area contributed by atoms with E-state index in [4.69, 9.17) is 10.4 Å². The quantitative estimate of drug-likeness (QED) is 0.439. The van der Waals surface area contributed by atoms with Crippen molar-refractivity contribution in [3.8, 4) is 11.5 Å². The molecule has 1 aromatic carbocycles. The molecule has 0 radical (unpaired) electrons. The Bertz CT molecular complexity index is 197. The van der Waals surface area contributed by atoms with Gasteiger partial charge in [-0.3, -0.25) is 0 Å². The van der Waals surface area contributed by atoms with E-state index in [2.05, 4.69) is 4.89 Å². The molecule has 3 nitrogen and oxygen atoms in total. The van der Waals surface area contributed by atoms with Gasteiger partial charge in [-0.15, -0.1) is 0 Å². The zero-order valence-electron chi connectivity index (χ0n) is 4.61. The van der Waals surface area contributed by atoms with Gasteiger partial charge in [0.15, 0.2) is 5.75 Å². The Hall–Kier alpha value is -1.22. The molecular formula is C6H6O3. The molecule has 2 N–H and O–H groups in total. The summed E-state index contributed by atoms with van der Waals surface area (Å²) in [5.41, 5.74) is 0. The number of phenols is 1. The van der Waals surface area contributed by atoms with Gasteiger partial charge in [-0.05, 0) is 12.1 Å². The molecule has 0 atom stereocenters. The van der Waals surface area contributed by atoms with Crippen LogP contribution in [-0.2, 0) is 0 Å². The van der Waals surface area contributed by atoms with Gasteiger partial charge in [0.25, 0.3) is 0 Å². The van der Waals surface area contributed by atoms with Gasteiger partial charge >= 0.3 is 0 Å². The highest BCUT2D eigenvalue weighted by atomic mass is 17.1. The lowest BCUT2D eigenvalue weighted by Gasteiger charge is -1.94. The lowest BCUT2D eigenvalue weighted by Crippen LogP contribution is -1.80. The summed E-state index contributed by atoms with van der Waals surface area (Å²) in [5.74, 6) is 0.302. The van der Waals surface area contributed by atoms with Crippen LogP contribution in [-0.4, -0.2) is 10.4 Å². The molecule has 0 aliphatic heterocycles. The van der Waals surface area contributed by atoms with Crippen LogP contribution in [0.15, 0.2) is 24.3 Å². The van der Waals surface area contributed by atoms with Crippen LogP contribution in [0.4, 0.5) is 0 Å². The molecule has 0 saturated heterocycles. The molecule has 1 aromatic rings. The van der Waals surface area contributed by atoms with Gasteiger partial charge in [0.1, 0.15) is 5.75 Å². The summed E-state index contributed by atoms with van der Waals surface area (Å²) in [5, 5.41) is 16.8. The highest BCUT2D eigenvalue weighted by Crippen LogP contribution is 2.16. The largest absolute Gasteiger partial charge is 0.508 e. The van der Waals surface area contributed by atoms with Crippen LogP contribution in [0.5, 0.6) is 11.5 Å². The van der Waals surface area contributed by atoms with Crippen molar-refractivity contribution >= 4 is 0 Å². The Morgan fingerprint density at radius 2 is 2.11 bits per heavy atom. The first-order valence-corrected chi connectivity index (χ1v) is 2.43. The smallest absolute Gasteiger partial charge is 0.168 e. The Morgan fingerprint density at radius 3 is 2.56 bits per heavy atom. The molecule has 0 aliphatic rings. The molecule has 3 heteroatoms. The zero-order chi connectivity index (χ0) is 6.69. The van der Waals surface area contributed by atoms with E-state index in [1.165, 1.54) is 18.2 Å². The van der Waals surface area contributed by atoms with Crippen molar-refractivity contribution in [1.29, 1.82) is 0 Å². The van der Waals surface area contributed by atoms with Gasteiger partial charge in [-0.25, -0.2) is 5.26 Å². The molecule has 0 bridgehead atoms. The highest BCUT2D eigenvalue weighted by molar-refractivity contribution is 5.31. The third-order valence-electron chi connectivity index (χ3n) is 0.923. The third kappa shape index (κ3) is 1.33. The first-order valence-electron chi connectivity index (χ1n) is 2.43. The van der Waals surface area contributed by atoms with Crippen LogP contribution in [0.2, 0.25) is 0 Å². The standard InChI is InChI=1S/C6H6O3/c7-5-2-1-3-6(4-5)9-8/h1-4,7-8H. The number of phenolic OH excluding ortho intramolecular Hbond substituents is 1. The second-order valence-corrected chi connectivity index (χ2v) is 1.59. The monoisotopic (exact) mass is 126 g/mol. The molecule has 0 aliphatic carbocycles. The predicted molar refractivity (Wildman–Crippen MR) is 31.4 cm³/mol. The minimum atomic E-state index is 0.0709. The average Bonchev–Trinajstić information content (AvgIpc) is 1.88. The molecule has 0 fully saturated rings. The summed E-state index contributed by atoms with van der Waals surface area (Å²) in [4.78, 5) is 3.84. The first-order chi connectivity index (χ1) is 4.33. The van der Waals surface area contributed by atoms with Crippen molar-refractivity contribution in [1.82, 2.24) is 0 Å². The third-order valence-corrected chi connectivity index (χ3v) is 0.923. The van der Waals surface area contributed by atoms with Crippen molar-refractivity contribution in [2.45, 2.75) is 0 Å². The number of hydrogen-bond donors (Lipinski definition) is 2. The SMILES string of the molecule is OOc1cccc(O)c1. The van der Waals surface area contributed by atoms with E-state index in [0.29, 0.717) is 0 Å². The second-order valence-electron chi connectivity index (χ2n) is 1.59. The fourth-order valence-corrected chi connectivity index (χ4v) is 0.540. The van der Waals surface area contributed by atoms with E-state index in [0.717, 1.165) is 0 Å². The van der Waals surface area contributed by atoms with Gasteiger partial charge in [0, 0.05) is 6.07 Å². The Kier molecular flexibility index (Phi) is 1.55. The Labute approximate surface area is 52.1 Å². The Morgan fingerprint density at radius 1 is 1.33 bits per heavy atom. The zero-order valence-corrected chi connectivity index (χ0v) is 4.61. The maximum absolute atomic E-state index is 8.75. The highest BCUT2D eigenvalue weighted by Gasteiger charge is 1.90. The molecule has 9 heavy (non-hydrogen) atoms. The van der Waals surface area contributed by atoms with Crippen LogP contribution in [0.3, 0.4) is 0 Å². The molecule has 0 amide bonds. The molecule has 0 heterocycles. The van der Waals surface area contributed by atoms with Crippen molar-refractivity contribution in [2.75, 3.05) is 0 Å². The number of aromatic hydroxyl groups is 1. The normalized spacial score (nSPS) is 9.00. The van der Waals surface area contributed by atoms with Crippen molar-refractivity contribution in [2.24, 2.45) is 0 Å². The maximum Gasteiger partial charge on any atom is 0.168 e. The molecule has 0 saturated carbocycles. The minimum Gasteiger partial charge on any atom is -0.508 e. The number of rotatable bonds is 1. The summed E-state index contributed by atoms with van der Waals surface area (Å²) in [6.45, 7) is 0. The van der Waals surface area contributed by atoms with Crippen LogP contribution >= 0.6 is 0 Å². The number of benzene rings is 1. The van der Waals surface area contributed by atoms with Gasteiger partial charge in [-0.1, -0.05) is 6.07 Å². The van der Waals surface area contributed by atoms with Crippen LogP contribution < -0.4 is 4.89 Å². The van der Waals surface area contributed by atoms with Gasteiger partial charge in [0.2, 0.25) is 0 Å². The molecule has 0 spiro atoms. The van der Waals surface area contributed by atoms with E-state index in [1.54, 1.807) is 6.07 Å². The maximum atomic E-state index is 8.75. The summed E-state index contributed by atoms with van der Waals surface area (Å²) in [7, 11) is 0. The second kappa shape index (κ2) is 2.37. The Balaban J connectivity index is 2.94. The molecule has 0 aromatic heterocycles. The predicted octanol–water partition coefficient (Wildman–Crippen LogP) is 1.24. The van der Waals surface area contributed by atoms with Gasteiger partial charge in [0.05, 0.1) is 0 Å². The van der Waals surface area contributed by atoms with E-state index >= 15 is 0 Å². The van der Waals surface area contributed by atoms with Crippen molar-refractivity contribution in [3.63, 3.8) is 0 Å². The molecule has 1 rings (SSSR count). The summed E-state index contributed by atoms with van der Waals surface area (Å²) < 4.78 is 0. The fraction of sp³-hybridized carbons (Fsp3) is 0. The van der Waals surface area contributed by atoms with Crippen LogP contribution in [0, 0.1) is 0 Å². The minimum absolute atomic E-state index is 0.0709. The van der Waals surface area contributed by atoms with E-state index in [1.807, 2.05) is 0 Å². The first kappa shape index (κ1) is 5.91. The van der Waals surface area contributed by atoms with Crippen molar-refractivity contribution in [3.05, 3.63) is 24.3 Å². The fourth-order valence-electron chi connectivity index (χ4n) is 0.540. The van der Waals surface area contributed by atoms with E-state index < -0.39 is 0 Å². The lowest BCUT2D eigenvalue weighted by atomic mass is 10.3. The molecule has 48 valence electrons. The summed E-state index contributed by atoms with van der Waals surface area (Å²) in [6, 6.07) is 5.89. The molecule has 0 unspecified atom stereocenters. The van der Waals surface area contributed by atoms with Crippen LogP contribution in [0.25, 0.3) is 0 Å².